The number of methoxy groups -OCH3 is 1. The second-order valence-electron chi connectivity index (χ2n) is 6.90. The van der Waals surface area contributed by atoms with Gasteiger partial charge in [-0.3, -0.25) is 14.4 Å². The summed E-state index contributed by atoms with van der Waals surface area (Å²) >= 11 is 6.82. The van der Waals surface area contributed by atoms with Gasteiger partial charge in [-0.25, -0.2) is 0 Å². The molecule has 1 aliphatic heterocycles. The quantitative estimate of drug-likeness (QED) is 0.602. The fraction of sp³-hybridized carbons (Fsp3) is 0.350. The van der Waals surface area contributed by atoms with Crippen molar-refractivity contribution in [3.05, 3.63) is 45.1 Å². The molecule has 2 N–H and O–H groups in total. The van der Waals surface area contributed by atoms with Crippen LogP contribution in [0.5, 0.6) is 0 Å². The third-order valence-corrected chi connectivity index (χ3v) is 5.83. The van der Waals surface area contributed by atoms with Crippen LogP contribution in [0, 0.1) is 0 Å². The van der Waals surface area contributed by atoms with E-state index in [1.54, 1.807) is 0 Å². The van der Waals surface area contributed by atoms with Crippen LogP contribution in [0.4, 0.5) is 24.5 Å². The molecule has 1 fully saturated rings. The zero-order valence-electron chi connectivity index (χ0n) is 17.2. The van der Waals surface area contributed by atoms with E-state index < -0.39 is 35.5 Å². The lowest BCUT2D eigenvalue weighted by Crippen LogP contribution is -2.46. The number of nitrogens with one attached hydrogen (secondary N) is 2. The number of rotatable bonds is 7. The molecule has 0 aliphatic carbocycles. The van der Waals surface area contributed by atoms with Gasteiger partial charge < -0.3 is 25.0 Å². The maximum atomic E-state index is 13.7. The molecule has 1 saturated heterocycles. The molecule has 2 aromatic rings. The zero-order chi connectivity index (χ0) is 24.2. The standard InChI is InChI=1S/C20H19ClF3N3O5S/c1-31-9-13(26-19(30)15-4-5-16(21)33-15)18(29)25-11-2-3-14(12(8-11)20(22,23)24)27-6-7-32-10-17(27)28/h2-5,8,13H,6-7,9-10H2,1H3,(H,25,29)(H,26,30). The van der Waals surface area contributed by atoms with Gasteiger partial charge in [0.2, 0.25) is 5.91 Å². The Labute approximate surface area is 195 Å². The van der Waals surface area contributed by atoms with Gasteiger partial charge in [0.1, 0.15) is 12.6 Å². The normalized spacial score (nSPS) is 15.3. The van der Waals surface area contributed by atoms with Crippen LogP contribution in [0.1, 0.15) is 15.2 Å². The van der Waals surface area contributed by atoms with E-state index in [4.69, 9.17) is 21.1 Å². The SMILES string of the molecule is COCC(NC(=O)c1ccc(Cl)s1)C(=O)Nc1ccc(N2CCOCC2=O)c(C(F)(F)F)c1. The monoisotopic (exact) mass is 505 g/mol. The molecule has 1 aliphatic rings. The van der Waals surface area contributed by atoms with Gasteiger partial charge in [0, 0.05) is 19.3 Å². The van der Waals surface area contributed by atoms with Gasteiger partial charge in [-0.1, -0.05) is 11.6 Å². The van der Waals surface area contributed by atoms with E-state index in [1.165, 1.54) is 25.3 Å². The average Bonchev–Trinajstić information content (AvgIpc) is 3.20. The Kier molecular flexibility index (Phi) is 7.95. The number of benzene rings is 1. The number of carbonyl (C=O) groups excluding carboxylic acids is 3. The predicted octanol–water partition coefficient (Wildman–Crippen LogP) is 3.17. The van der Waals surface area contributed by atoms with Crippen molar-refractivity contribution in [2.45, 2.75) is 12.2 Å². The topological polar surface area (TPSA) is 97.0 Å². The molecule has 178 valence electrons. The highest BCUT2D eigenvalue weighted by atomic mass is 35.5. The van der Waals surface area contributed by atoms with E-state index in [2.05, 4.69) is 10.6 Å². The molecule has 0 bridgehead atoms. The minimum absolute atomic E-state index is 0.0255. The minimum Gasteiger partial charge on any atom is -0.382 e. The van der Waals surface area contributed by atoms with E-state index in [1.807, 2.05) is 0 Å². The first-order chi connectivity index (χ1) is 15.6. The Morgan fingerprint density at radius 2 is 2.06 bits per heavy atom. The van der Waals surface area contributed by atoms with Crippen LogP contribution in [0.2, 0.25) is 4.34 Å². The number of morpholine rings is 1. The number of alkyl halides is 3. The molecule has 13 heteroatoms. The Balaban J connectivity index is 1.80. The van der Waals surface area contributed by atoms with Crippen LogP contribution in [-0.2, 0) is 25.2 Å². The van der Waals surface area contributed by atoms with Crippen molar-refractivity contribution in [2.75, 3.05) is 43.7 Å². The van der Waals surface area contributed by atoms with Crippen LogP contribution in [-0.4, -0.2) is 57.2 Å². The van der Waals surface area contributed by atoms with Crippen LogP contribution < -0.4 is 15.5 Å². The van der Waals surface area contributed by atoms with Crippen LogP contribution in [0.3, 0.4) is 0 Å². The highest BCUT2D eigenvalue weighted by Crippen LogP contribution is 2.38. The predicted molar refractivity (Wildman–Crippen MR) is 116 cm³/mol. The molecule has 0 saturated carbocycles. The van der Waals surface area contributed by atoms with Crippen molar-refractivity contribution in [2.24, 2.45) is 0 Å². The second kappa shape index (κ2) is 10.5. The lowest BCUT2D eigenvalue weighted by atomic mass is 10.1. The average molecular weight is 506 g/mol. The first kappa shape index (κ1) is 25.0. The molecular weight excluding hydrogens is 487 g/mol. The summed E-state index contributed by atoms with van der Waals surface area (Å²) in [5.74, 6) is -1.96. The summed E-state index contributed by atoms with van der Waals surface area (Å²) in [5.41, 5.74) is -1.58. The third kappa shape index (κ3) is 6.22. The number of carbonyl (C=O) groups is 3. The smallest absolute Gasteiger partial charge is 0.382 e. The summed E-state index contributed by atoms with van der Waals surface area (Å²) in [6.45, 7) is -0.454. The lowest BCUT2D eigenvalue weighted by Gasteiger charge is -2.29. The van der Waals surface area contributed by atoms with Gasteiger partial charge in [0.05, 0.1) is 33.7 Å². The highest BCUT2D eigenvalue weighted by Gasteiger charge is 2.37. The lowest BCUT2D eigenvalue weighted by molar-refractivity contribution is -0.137. The fourth-order valence-electron chi connectivity index (χ4n) is 3.09. The van der Waals surface area contributed by atoms with E-state index in [9.17, 15) is 27.6 Å². The number of anilines is 2. The third-order valence-electron chi connectivity index (χ3n) is 4.60. The molecule has 0 radical (unpaired) electrons. The summed E-state index contributed by atoms with van der Waals surface area (Å²) < 4.78 is 51.5. The van der Waals surface area contributed by atoms with E-state index in [0.717, 1.165) is 28.4 Å². The number of ether oxygens (including phenoxy) is 2. The van der Waals surface area contributed by atoms with E-state index in [0.29, 0.717) is 4.34 Å². The molecule has 3 rings (SSSR count). The van der Waals surface area contributed by atoms with Gasteiger partial charge in [-0.05, 0) is 30.3 Å². The van der Waals surface area contributed by atoms with Crippen molar-refractivity contribution in [3.8, 4) is 0 Å². The van der Waals surface area contributed by atoms with Crippen LogP contribution in [0.15, 0.2) is 30.3 Å². The number of thiophene rings is 1. The van der Waals surface area contributed by atoms with Crippen molar-refractivity contribution >= 4 is 52.0 Å². The second-order valence-corrected chi connectivity index (χ2v) is 8.62. The highest BCUT2D eigenvalue weighted by molar-refractivity contribution is 7.18. The van der Waals surface area contributed by atoms with Crippen molar-refractivity contribution in [1.82, 2.24) is 5.32 Å². The first-order valence-corrected chi connectivity index (χ1v) is 10.7. The van der Waals surface area contributed by atoms with E-state index in [-0.39, 0.29) is 42.6 Å². The Morgan fingerprint density at radius 3 is 2.67 bits per heavy atom. The molecule has 1 aromatic carbocycles. The number of nitrogens with zero attached hydrogens (tertiary/aromatic N) is 1. The molecule has 3 amide bonds. The molecular formula is C20H19ClF3N3O5S. The number of hydrogen-bond acceptors (Lipinski definition) is 6. The van der Waals surface area contributed by atoms with Gasteiger partial charge in [-0.2, -0.15) is 13.2 Å². The molecule has 1 aromatic heterocycles. The van der Waals surface area contributed by atoms with Crippen molar-refractivity contribution in [3.63, 3.8) is 0 Å². The Bertz CT molecular complexity index is 1050. The molecule has 8 nitrogen and oxygen atoms in total. The van der Waals surface area contributed by atoms with Crippen molar-refractivity contribution < 1.29 is 37.0 Å². The molecule has 2 heterocycles. The molecule has 33 heavy (non-hydrogen) atoms. The van der Waals surface area contributed by atoms with Gasteiger partial charge in [-0.15, -0.1) is 11.3 Å². The number of hydrogen-bond donors (Lipinski definition) is 2. The molecule has 1 atom stereocenters. The molecule has 0 spiro atoms. The summed E-state index contributed by atoms with van der Waals surface area (Å²) in [4.78, 5) is 38.3. The Hall–Kier alpha value is -2.67. The van der Waals surface area contributed by atoms with Crippen LogP contribution in [0.25, 0.3) is 0 Å². The largest absolute Gasteiger partial charge is 0.418 e. The number of amides is 3. The summed E-state index contributed by atoms with van der Waals surface area (Å²) in [6, 6.07) is 4.91. The maximum Gasteiger partial charge on any atom is 0.418 e. The number of halogens is 4. The fourth-order valence-corrected chi connectivity index (χ4v) is 4.04. The summed E-state index contributed by atoms with van der Waals surface area (Å²) in [7, 11) is 1.31. The minimum atomic E-state index is -4.78. The van der Waals surface area contributed by atoms with Gasteiger partial charge in [0.15, 0.2) is 0 Å². The first-order valence-electron chi connectivity index (χ1n) is 9.55. The molecule has 1 unspecified atom stereocenters. The Morgan fingerprint density at radius 1 is 1.30 bits per heavy atom. The maximum absolute atomic E-state index is 13.7. The van der Waals surface area contributed by atoms with Crippen LogP contribution >= 0.6 is 22.9 Å². The van der Waals surface area contributed by atoms with E-state index >= 15 is 0 Å². The zero-order valence-corrected chi connectivity index (χ0v) is 18.8. The van der Waals surface area contributed by atoms with Gasteiger partial charge in [0.25, 0.3) is 11.8 Å². The summed E-state index contributed by atoms with van der Waals surface area (Å²) in [6.07, 6.45) is -4.78. The van der Waals surface area contributed by atoms with Gasteiger partial charge >= 0.3 is 6.18 Å². The summed E-state index contributed by atoms with van der Waals surface area (Å²) in [5, 5.41) is 4.83. The van der Waals surface area contributed by atoms with Crippen molar-refractivity contribution in [1.29, 1.82) is 0 Å².